The van der Waals surface area contributed by atoms with E-state index in [1.54, 1.807) is 0 Å². The van der Waals surface area contributed by atoms with Gasteiger partial charge in [0.15, 0.2) is 5.69 Å². The van der Waals surface area contributed by atoms with E-state index in [4.69, 9.17) is 0 Å². The Morgan fingerprint density at radius 2 is 2.05 bits per heavy atom. The highest BCUT2D eigenvalue weighted by atomic mass is 16.2. The molecule has 110 valence electrons. The quantitative estimate of drug-likeness (QED) is 0.891. The lowest BCUT2D eigenvalue weighted by Crippen LogP contribution is -2.35. The van der Waals surface area contributed by atoms with Gasteiger partial charge in [-0.2, -0.15) is 15.4 Å². The van der Waals surface area contributed by atoms with Gasteiger partial charge in [-0.05, 0) is 24.1 Å². The number of nitrogens with zero attached hydrogens (tertiary/aromatic N) is 5. The summed E-state index contributed by atoms with van der Waals surface area (Å²) in [6.07, 6.45) is 6.07. The SMILES string of the molecule is O=C(c1cn[nH]n1)N1CCCN(Cc2ccncc2)CC1. The van der Waals surface area contributed by atoms with Crippen molar-refractivity contribution in [3.63, 3.8) is 0 Å². The number of rotatable bonds is 3. The van der Waals surface area contributed by atoms with Crippen LogP contribution in [-0.2, 0) is 6.54 Å². The van der Waals surface area contributed by atoms with Crippen LogP contribution in [0.15, 0.2) is 30.7 Å². The summed E-state index contributed by atoms with van der Waals surface area (Å²) < 4.78 is 0. The van der Waals surface area contributed by atoms with Gasteiger partial charge in [0.25, 0.3) is 5.91 Å². The van der Waals surface area contributed by atoms with Gasteiger partial charge >= 0.3 is 0 Å². The molecule has 3 heterocycles. The maximum atomic E-state index is 12.3. The van der Waals surface area contributed by atoms with Crippen LogP contribution in [0, 0.1) is 0 Å². The van der Waals surface area contributed by atoms with Crippen molar-refractivity contribution < 1.29 is 4.79 Å². The monoisotopic (exact) mass is 286 g/mol. The molecule has 0 unspecified atom stereocenters. The number of nitrogens with one attached hydrogen (secondary N) is 1. The van der Waals surface area contributed by atoms with E-state index < -0.39 is 0 Å². The molecule has 7 heteroatoms. The Kier molecular flexibility index (Phi) is 4.20. The Bertz CT molecular complexity index is 570. The Morgan fingerprint density at radius 1 is 1.19 bits per heavy atom. The first-order chi connectivity index (χ1) is 10.3. The number of hydrogen-bond acceptors (Lipinski definition) is 5. The zero-order chi connectivity index (χ0) is 14.5. The smallest absolute Gasteiger partial charge is 0.276 e. The molecular weight excluding hydrogens is 268 g/mol. The first-order valence-electron chi connectivity index (χ1n) is 7.09. The average molecular weight is 286 g/mol. The normalized spacial score (nSPS) is 16.7. The van der Waals surface area contributed by atoms with Crippen molar-refractivity contribution in [3.8, 4) is 0 Å². The third-order valence-electron chi connectivity index (χ3n) is 3.67. The Morgan fingerprint density at radius 3 is 2.81 bits per heavy atom. The highest BCUT2D eigenvalue weighted by Gasteiger charge is 2.21. The lowest BCUT2D eigenvalue weighted by Gasteiger charge is -2.21. The first-order valence-corrected chi connectivity index (χ1v) is 7.09. The zero-order valence-corrected chi connectivity index (χ0v) is 11.8. The maximum absolute atomic E-state index is 12.3. The van der Waals surface area contributed by atoms with Crippen LogP contribution in [0.25, 0.3) is 0 Å². The van der Waals surface area contributed by atoms with E-state index in [1.807, 2.05) is 29.4 Å². The summed E-state index contributed by atoms with van der Waals surface area (Å²) in [6.45, 7) is 4.24. The minimum Gasteiger partial charge on any atom is -0.336 e. The fourth-order valence-corrected chi connectivity index (χ4v) is 2.55. The standard InChI is InChI=1S/C14H18N6O/c21-14(13-10-16-18-17-13)20-7-1-6-19(8-9-20)11-12-2-4-15-5-3-12/h2-5,10H,1,6-9,11H2,(H,16,17,18). The van der Waals surface area contributed by atoms with Gasteiger partial charge in [-0.15, -0.1) is 0 Å². The highest BCUT2D eigenvalue weighted by molar-refractivity contribution is 5.91. The molecule has 1 saturated heterocycles. The van der Waals surface area contributed by atoms with Crippen LogP contribution < -0.4 is 0 Å². The molecule has 1 aliphatic heterocycles. The van der Waals surface area contributed by atoms with E-state index in [-0.39, 0.29) is 5.91 Å². The fourth-order valence-electron chi connectivity index (χ4n) is 2.55. The predicted octanol–water partition coefficient (Wildman–Crippen LogP) is 0.548. The molecule has 1 amide bonds. The molecule has 0 bridgehead atoms. The van der Waals surface area contributed by atoms with Crippen molar-refractivity contribution in [2.45, 2.75) is 13.0 Å². The van der Waals surface area contributed by atoms with Crippen molar-refractivity contribution in [2.75, 3.05) is 26.2 Å². The van der Waals surface area contributed by atoms with Gasteiger partial charge in [0.05, 0.1) is 6.20 Å². The lowest BCUT2D eigenvalue weighted by molar-refractivity contribution is 0.0755. The summed E-state index contributed by atoms with van der Waals surface area (Å²) in [7, 11) is 0. The summed E-state index contributed by atoms with van der Waals surface area (Å²) >= 11 is 0. The van der Waals surface area contributed by atoms with Crippen molar-refractivity contribution in [1.29, 1.82) is 0 Å². The Balaban J connectivity index is 1.58. The van der Waals surface area contributed by atoms with Gasteiger partial charge in [0, 0.05) is 45.1 Å². The Labute approximate surface area is 123 Å². The number of H-pyrrole nitrogens is 1. The van der Waals surface area contributed by atoms with E-state index in [2.05, 4.69) is 25.3 Å². The van der Waals surface area contributed by atoms with Crippen molar-refractivity contribution in [3.05, 3.63) is 42.0 Å². The number of carbonyl (C=O) groups excluding carboxylic acids is 1. The van der Waals surface area contributed by atoms with Gasteiger partial charge in [-0.3, -0.25) is 14.7 Å². The molecule has 3 rings (SSSR count). The van der Waals surface area contributed by atoms with Crippen LogP contribution in [0.3, 0.4) is 0 Å². The molecule has 0 atom stereocenters. The predicted molar refractivity (Wildman–Crippen MR) is 76.4 cm³/mol. The number of aromatic amines is 1. The van der Waals surface area contributed by atoms with Crippen molar-refractivity contribution in [2.24, 2.45) is 0 Å². The molecule has 0 spiro atoms. The average Bonchev–Trinajstić information content (AvgIpc) is 2.95. The number of hydrogen-bond donors (Lipinski definition) is 1. The molecule has 1 fully saturated rings. The second kappa shape index (κ2) is 6.45. The van der Waals surface area contributed by atoms with Crippen molar-refractivity contribution in [1.82, 2.24) is 30.2 Å². The van der Waals surface area contributed by atoms with Crippen LogP contribution in [-0.4, -0.2) is 62.3 Å². The van der Waals surface area contributed by atoms with Crippen LogP contribution in [0.4, 0.5) is 0 Å². The molecule has 0 aliphatic carbocycles. The number of carbonyl (C=O) groups is 1. The summed E-state index contributed by atoms with van der Waals surface area (Å²) in [5, 5.41) is 10.0. The van der Waals surface area contributed by atoms with Crippen LogP contribution in [0.1, 0.15) is 22.5 Å². The van der Waals surface area contributed by atoms with E-state index >= 15 is 0 Å². The molecule has 21 heavy (non-hydrogen) atoms. The summed E-state index contributed by atoms with van der Waals surface area (Å²) in [5.74, 6) is -0.0467. The second-order valence-corrected chi connectivity index (χ2v) is 5.13. The van der Waals surface area contributed by atoms with Crippen LogP contribution >= 0.6 is 0 Å². The second-order valence-electron chi connectivity index (χ2n) is 5.13. The first kappa shape index (κ1) is 13.7. The van der Waals surface area contributed by atoms with Gasteiger partial charge in [0.1, 0.15) is 0 Å². The molecule has 7 nitrogen and oxygen atoms in total. The number of amides is 1. The molecule has 0 saturated carbocycles. The Hall–Kier alpha value is -2.28. The van der Waals surface area contributed by atoms with Crippen LogP contribution in [0.2, 0.25) is 0 Å². The zero-order valence-electron chi connectivity index (χ0n) is 11.8. The molecule has 0 aromatic carbocycles. The van der Waals surface area contributed by atoms with Gasteiger partial charge < -0.3 is 4.90 Å². The summed E-state index contributed by atoms with van der Waals surface area (Å²) in [4.78, 5) is 20.5. The highest BCUT2D eigenvalue weighted by Crippen LogP contribution is 2.10. The van der Waals surface area contributed by atoms with Gasteiger partial charge in [-0.25, -0.2) is 0 Å². The number of aromatic nitrogens is 4. The third-order valence-corrected chi connectivity index (χ3v) is 3.67. The summed E-state index contributed by atoms with van der Waals surface area (Å²) in [6, 6.07) is 4.06. The molecule has 1 aliphatic rings. The molecule has 1 N–H and O–H groups in total. The minimum atomic E-state index is -0.0467. The largest absolute Gasteiger partial charge is 0.336 e. The van der Waals surface area contributed by atoms with E-state index in [0.29, 0.717) is 5.69 Å². The summed E-state index contributed by atoms with van der Waals surface area (Å²) in [5.41, 5.74) is 1.64. The third kappa shape index (κ3) is 3.43. The van der Waals surface area contributed by atoms with Crippen LogP contribution in [0.5, 0.6) is 0 Å². The van der Waals surface area contributed by atoms with Crippen molar-refractivity contribution >= 4 is 5.91 Å². The van der Waals surface area contributed by atoms with E-state index in [0.717, 1.165) is 39.1 Å². The number of pyridine rings is 1. The lowest BCUT2D eigenvalue weighted by atomic mass is 10.2. The molecule has 2 aromatic rings. The van der Waals surface area contributed by atoms with Gasteiger partial charge in [-0.1, -0.05) is 0 Å². The van der Waals surface area contributed by atoms with E-state index in [1.165, 1.54) is 11.8 Å². The fraction of sp³-hybridized carbons (Fsp3) is 0.429. The topological polar surface area (TPSA) is 78.0 Å². The minimum absolute atomic E-state index is 0.0467. The molecule has 2 aromatic heterocycles. The molecule has 0 radical (unpaired) electrons. The maximum Gasteiger partial charge on any atom is 0.276 e. The molecular formula is C14H18N6O. The van der Waals surface area contributed by atoms with E-state index in [9.17, 15) is 4.79 Å². The van der Waals surface area contributed by atoms with Gasteiger partial charge in [0.2, 0.25) is 0 Å².